The van der Waals surface area contributed by atoms with Crippen LogP contribution in [-0.2, 0) is 10.2 Å². The molecule has 1 heteroatoms. The molecule has 80 valence electrons. The Morgan fingerprint density at radius 2 is 1.93 bits per heavy atom. The minimum Gasteiger partial charge on any atom is -0.298 e. The number of hydrogen-bond acceptors (Lipinski definition) is 1. The molecule has 1 unspecified atom stereocenters. The quantitative estimate of drug-likeness (QED) is 0.732. The SMILES string of the molecule is CCC(C)C(=O)C1(c2ccccc2)CC1. The molecule has 1 aliphatic rings. The Labute approximate surface area is 91.5 Å². The van der Waals surface area contributed by atoms with E-state index in [9.17, 15) is 4.79 Å². The molecule has 0 aromatic heterocycles. The summed E-state index contributed by atoms with van der Waals surface area (Å²) >= 11 is 0. The van der Waals surface area contributed by atoms with Crippen molar-refractivity contribution in [1.82, 2.24) is 0 Å². The van der Waals surface area contributed by atoms with Gasteiger partial charge in [-0.05, 0) is 24.8 Å². The third-order valence-electron chi connectivity index (χ3n) is 3.61. The van der Waals surface area contributed by atoms with Crippen molar-refractivity contribution in [2.24, 2.45) is 5.92 Å². The van der Waals surface area contributed by atoms with Crippen molar-refractivity contribution in [3.8, 4) is 0 Å². The van der Waals surface area contributed by atoms with Crippen LogP contribution < -0.4 is 0 Å². The van der Waals surface area contributed by atoms with Crippen LogP contribution in [0.2, 0.25) is 0 Å². The van der Waals surface area contributed by atoms with E-state index in [-0.39, 0.29) is 11.3 Å². The maximum absolute atomic E-state index is 12.3. The minimum atomic E-state index is -0.114. The summed E-state index contributed by atoms with van der Waals surface area (Å²) in [5.74, 6) is 0.643. The molecule has 0 saturated heterocycles. The molecule has 0 N–H and O–H groups in total. The first-order valence-electron chi connectivity index (χ1n) is 5.80. The van der Waals surface area contributed by atoms with Crippen LogP contribution in [0.15, 0.2) is 30.3 Å². The predicted octanol–water partition coefficient (Wildman–Crippen LogP) is 3.33. The number of carbonyl (C=O) groups excluding carboxylic acids is 1. The van der Waals surface area contributed by atoms with E-state index < -0.39 is 0 Å². The maximum Gasteiger partial charge on any atom is 0.146 e. The van der Waals surface area contributed by atoms with E-state index >= 15 is 0 Å². The van der Waals surface area contributed by atoms with Crippen LogP contribution >= 0.6 is 0 Å². The largest absolute Gasteiger partial charge is 0.298 e. The van der Waals surface area contributed by atoms with E-state index in [1.54, 1.807) is 0 Å². The van der Waals surface area contributed by atoms with E-state index in [0.29, 0.717) is 5.78 Å². The van der Waals surface area contributed by atoms with Gasteiger partial charge < -0.3 is 0 Å². The van der Waals surface area contributed by atoms with Gasteiger partial charge in [0.25, 0.3) is 0 Å². The molecule has 0 bridgehead atoms. The first kappa shape index (κ1) is 10.4. The Kier molecular flexibility index (Phi) is 2.64. The lowest BCUT2D eigenvalue weighted by Gasteiger charge is -2.18. The lowest BCUT2D eigenvalue weighted by Crippen LogP contribution is -2.26. The number of hydrogen-bond donors (Lipinski definition) is 0. The summed E-state index contributed by atoms with van der Waals surface area (Å²) in [6.07, 6.45) is 3.04. The highest BCUT2D eigenvalue weighted by Gasteiger charge is 2.51. The van der Waals surface area contributed by atoms with Gasteiger partial charge in [-0.15, -0.1) is 0 Å². The summed E-state index contributed by atoms with van der Waals surface area (Å²) in [7, 11) is 0. The van der Waals surface area contributed by atoms with Crippen molar-refractivity contribution in [3.63, 3.8) is 0 Å². The second kappa shape index (κ2) is 3.80. The average Bonchev–Trinajstić information content (AvgIpc) is 3.09. The summed E-state index contributed by atoms with van der Waals surface area (Å²) in [6, 6.07) is 10.2. The van der Waals surface area contributed by atoms with Crippen LogP contribution in [0.1, 0.15) is 38.7 Å². The summed E-state index contributed by atoms with van der Waals surface area (Å²) in [5, 5.41) is 0. The normalized spacial score (nSPS) is 19.6. The zero-order valence-corrected chi connectivity index (χ0v) is 9.49. The van der Waals surface area contributed by atoms with Crippen LogP contribution in [0.4, 0.5) is 0 Å². The van der Waals surface area contributed by atoms with E-state index in [1.807, 2.05) is 25.1 Å². The molecule has 1 saturated carbocycles. The van der Waals surface area contributed by atoms with Crippen LogP contribution in [0.5, 0.6) is 0 Å². The van der Waals surface area contributed by atoms with Crippen molar-refractivity contribution in [3.05, 3.63) is 35.9 Å². The zero-order chi connectivity index (χ0) is 10.9. The van der Waals surface area contributed by atoms with E-state index in [0.717, 1.165) is 19.3 Å². The van der Waals surface area contributed by atoms with Crippen LogP contribution in [0, 0.1) is 5.92 Å². The second-order valence-corrected chi connectivity index (χ2v) is 4.62. The monoisotopic (exact) mass is 202 g/mol. The number of benzene rings is 1. The van der Waals surface area contributed by atoms with E-state index in [4.69, 9.17) is 0 Å². The first-order chi connectivity index (χ1) is 7.20. The van der Waals surface area contributed by atoms with Gasteiger partial charge in [0.05, 0.1) is 5.41 Å². The Hall–Kier alpha value is -1.11. The number of carbonyl (C=O) groups is 1. The van der Waals surface area contributed by atoms with Gasteiger partial charge in [0.15, 0.2) is 0 Å². The van der Waals surface area contributed by atoms with Gasteiger partial charge in [-0.3, -0.25) is 4.79 Å². The summed E-state index contributed by atoms with van der Waals surface area (Å²) in [5.41, 5.74) is 1.10. The average molecular weight is 202 g/mol. The lowest BCUT2D eigenvalue weighted by molar-refractivity contribution is -0.125. The third-order valence-corrected chi connectivity index (χ3v) is 3.61. The lowest BCUT2D eigenvalue weighted by atomic mass is 9.84. The number of rotatable bonds is 4. The molecular formula is C14H18O. The van der Waals surface area contributed by atoms with Crippen molar-refractivity contribution in [1.29, 1.82) is 0 Å². The smallest absolute Gasteiger partial charge is 0.146 e. The Balaban J connectivity index is 2.25. The van der Waals surface area contributed by atoms with E-state index in [1.165, 1.54) is 5.56 Å². The minimum absolute atomic E-state index is 0.114. The fourth-order valence-electron chi connectivity index (χ4n) is 2.22. The fourth-order valence-corrected chi connectivity index (χ4v) is 2.22. The van der Waals surface area contributed by atoms with Crippen molar-refractivity contribution in [2.75, 3.05) is 0 Å². The first-order valence-corrected chi connectivity index (χ1v) is 5.80. The van der Waals surface area contributed by atoms with Gasteiger partial charge in [-0.1, -0.05) is 44.2 Å². The molecule has 0 amide bonds. The predicted molar refractivity (Wildman–Crippen MR) is 61.8 cm³/mol. The fraction of sp³-hybridized carbons (Fsp3) is 0.500. The Bertz CT molecular complexity index is 349. The van der Waals surface area contributed by atoms with Crippen molar-refractivity contribution >= 4 is 5.78 Å². The molecule has 15 heavy (non-hydrogen) atoms. The molecule has 1 aliphatic carbocycles. The molecule has 1 aromatic rings. The molecule has 0 spiro atoms. The van der Waals surface area contributed by atoms with Crippen LogP contribution in [0.25, 0.3) is 0 Å². The summed E-state index contributed by atoms with van der Waals surface area (Å²) < 4.78 is 0. The topological polar surface area (TPSA) is 17.1 Å². The molecular weight excluding hydrogens is 184 g/mol. The Morgan fingerprint density at radius 3 is 2.40 bits per heavy atom. The highest BCUT2D eigenvalue weighted by molar-refractivity contribution is 5.94. The third kappa shape index (κ3) is 1.71. The standard InChI is InChI=1S/C14H18O/c1-3-11(2)13(15)14(9-10-14)12-7-5-4-6-8-12/h4-8,11H,3,9-10H2,1-2H3. The van der Waals surface area contributed by atoms with Crippen LogP contribution in [-0.4, -0.2) is 5.78 Å². The molecule has 0 radical (unpaired) electrons. The molecule has 0 aliphatic heterocycles. The maximum atomic E-state index is 12.3. The van der Waals surface area contributed by atoms with Gasteiger partial charge in [0, 0.05) is 5.92 Å². The number of ketones is 1. The zero-order valence-electron chi connectivity index (χ0n) is 9.49. The molecule has 1 aromatic carbocycles. The number of Topliss-reactive ketones (excluding diaryl/α,β-unsaturated/α-hetero) is 1. The second-order valence-electron chi connectivity index (χ2n) is 4.62. The summed E-state index contributed by atoms with van der Waals surface area (Å²) in [4.78, 5) is 12.3. The Morgan fingerprint density at radius 1 is 1.33 bits per heavy atom. The highest BCUT2D eigenvalue weighted by Crippen LogP contribution is 2.50. The van der Waals surface area contributed by atoms with Gasteiger partial charge in [0.2, 0.25) is 0 Å². The van der Waals surface area contributed by atoms with Gasteiger partial charge in [-0.25, -0.2) is 0 Å². The highest BCUT2D eigenvalue weighted by atomic mass is 16.1. The van der Waals surface area contributed by atoms with Gasteiger partial charge >= 0.3 is 0 Å². The van der Waals surface area contributed by atoms with Gasteiger partial charge in [-0.2, -0.15) is 0 Å². The van der Waals surface area contributed by atoms with Crippen LogP contribution in [0.3, 0.4) is 0 Å². The van der Waals surface area contributed by atoms with Crippen molar-refractivity contribution < 1.29 is 4.79 Å². The molecule has 1 nitrogen and oxygen atoms in total. The molecule has 2 rings (SSSR count). The van der Waals surface area contributed by atoms with Crippen molar-refractivity contribution in [2.45, 2.75) is 38.5 Å². The van der Waals surface area contributed by atoms with Gasteiger partial charge in [0.1, 0.15) is 5.78 Å². The summed E-state index contributed by atoms with van der Waals surface area (Å²) in [6.45, 7) is 4.13. The molecule has 1 fully saturated rings. The molecule has 0 heterocycles. The van der Waals surface area contributed by atoms with E-state index in [2.05, 4.69) is 19.1 Å². The molecule has 1 atom stereocenters.